The van der Waals surface area contributed by atoms with Gasteiger partial charge in [-0.3, -0.25) is 4.79 Å². The van der Waals surface area contributed by atoms with Crippen LogP contribution in [-0.2, 0) is 13.0 Å². The minimum absolute atomic E-state index is 0.258. The summed E-state index contributed by atoms with van der Waals surface area (Å²) in [5.41, 5.74) is 6.58. The highest BCUT2D eigenvalue weighted by molar-refractivity contribution is 7.16. The maximum absolute atomic E-state index is 12.3. The van der Waals surface area contributed by atoms with Crippen LogP contribution in [0.15, 0.2) is 29.1 Å². The second-order valence-electron chi connectivity index (χ2n) is 4.37. The molecule has 21 heavy (non-hydrogen) atoms. The molecular weight excluding hydrogens is 290 g/mol. The van der Waals surface area contributed by atoms with Gasteiger partial charge in [0, 0.05) is 13.0 Å². The molecule has 3 aromatic rings. The van der Waals surface area contributed by atoms with Crippen LogP contribution in [0.4, 0.5) is 0 Å². The van der Waals surface area contributed by atoms with E-state index in [9.17, 15) is 4.79 Å². The molecule has 0 saturated carbocycles. The first-order chi connectivity index (χ1) is 10.2. The van der Waals surface area contributed by atoms with E-state index in [0.29, 0.717) is 22.1 Å². The van der Waals surface area contributed by atoms with E-state index >= 15 is 0 Å². The Morgan fingerprint density at radius 1 is 1.29 bits per heavy atom. The Labute approximate surface area is 124 Å². The highest BCUT2D eigenvalue weighted by Gasteiger charge is 2.11. The summed E-state index contributed by atoms with van der Waals surface area (Å²) in [6.07, 6.45) is 0.397. The van der Waals surface area contributed by atoms with Gasteiger partial charge in [-0.15, -0.1) is 10.2 Å². The van der Waals surface area contributed by atoms with Crippen molar-refractivity contribution in [1.29, 1.82) is 0 Å². The Balaban J connectivity index is 1.96. The number of rotatable bonds is 4. The molecule has 0 saturated heterocycles. The summed E-state index contributed by atoms with van der Waals surface area (Å²) in [6.45, 7) is 0.279. The van der Waals surface area contributed by atoms with Gasteiger partial charge in [-0.1, -0.05) is 23.5 Å². The fourth-order valence-corrected chi connectivity index (χ4v) is 2.63. The molecule has 0 aliphatic heterocycles. The fourth-order valence-electron chi connectivity index (χ4n) is 1.92. The number of benzene rings is 1. The first-order valence-electron chi connectivity index (χ1n) is 6.28. The molecule has 0 unspecified atom stereocenters. The number of fused-ring (bicyclic) bond motifs is 1. The van der Waals surface area contributed by atoms with Gasteiger partial charge in [0.2, 0.25) is 4.96 Å². The highest BCUT2D eigenvalue weighted by atomic mass is 32.1. The van der Waals surface area contributed by atoms with Crippen molar-refractivity contribution in [2.45, 2.75) is 13.0 Å². The van der Waals surface area contributed by atoms with Gasteiger partial charge in [0.05, 0.1) is 7.11 Å². The lowest BCUT2D eigenvalue weighted by Gasteiger charge is -2.02. The minimum atomic E-state index is -0.258. The van der Waals surface area contributed by atoms with Crippen molar-refractivity contribution in [2.24, 2.45) is 5.73 Å². The zero-order valence-electron chi connectivity index (χ0n) is 11.3. The predicted molar refractivity (Wildman–Crippen MR) is 78.6 cm³/mol. The van der Waals surface area contributed by atoms with E-state index in [-0.39, 0.29) is 12.1 Å². The number of ether oxygens (including phenoxy) is 1. The summed E-state index contributed by atoms with van der Waals surface area (Å²) >= 11 is 1.27. The van der Waals surface area contributed by atoms with Crippen LogP contribution in [0, 0.1) is 0 Å². The van der Waals surface area contributed by atoms with Crippen LogP contribution in [0.1, 0.15) is 16.3 Å². The van der Waals surface area contributed by atoms with E-state index in [1.54, 1.807) is 7.11 Å². The summed E-state index contributed by atoms with van der Waals surface area (Å²) in [4.78, 5) is 12.8. The van der Waals surface area contributed by atoms with Crippen LogP contribution >= 0.6 is 11.3 Å². The summed E-state index contributed by atoms with van der Waals surface area (Å²) < 4.78 is 6.36. The van der Waals surface area contributed by atoms with Crippen LogP contribution in [0.3, 0.4) is 0 Å². The van der Waals surface area contributed by atoms with Crippen molar-refractivity contribution in [3.8, 4) is 5.75 Å². The number of methoxy groups -OCH3 is 1. The maximum Gasteiger partial charge on any atom is 0.297 e. The molecule has 0 fully saturated rings. The van der Waals surface area contributed by atoms with E-state index in [1.165, 1.54) is 15.9 Å². The van der Waals surface area contributed by atoms with Crippen molar-refractivity contribution < 1.29 is 4.74 Å². The van der Waals surface area contributed by atoms with Crippen LogP contribution in [0.25, 0.3) is 4.96 Å². The zero-order chi connectivity index (χ0) is 14.8. The molecule has 8 heteroatoms. The van der Waals surface area contributed by atoms with Crippen LogP contribution < -0.4 is 16.0 Å². The first-order valence-corrected chi connectivity index (χ1v) is 7.10. The average molecular weight is 303 g/mol. The van der Waals surface area contributed by atoms with Gasteiger partial charge in [0.15, 0.2) is 0 Å². The molecule has 0 bridgehead atoms. The van der Waals surface area contributed by atoms with Gasteiger partial charge in [0.1, 0.15) is 16.5 Å². The molecule has 0 atom stereocenters. The Hall–Kier alpha value is -2.32. The lowest BCUT2D eigenvalue weighted by atomic mass is 10.1. The quantitative estimate of drug-likeness (QED) is 0.758. The number of nitrogens with two attached hydrogens (primary N) is 1. The van der Waals surface area contributed by atoms with Crippen LogP contribution in [0.2, 0.25) is 0 Å². The predicted octanol–water partition coefficient (Wildman–Crippen LogP) is 0.604. The number of hydrogen-bond acceptors (Lipinski definition) is 7. The van der Waals surface area contributed by atoms with Gasteiger partial charge in [-0.2, -0.15) is 9.61 Å². The Kier molecular flexibility index (Phi) is 3.63. The Morgan fingerprint density at radius 3 is 2.71 bits per heavy atom. The van der Waals surface area contributed by atoms with Crippen molar-refractivity contribution >= 4 is 16.3 Å². The zero-order valence-corrected chi connectivity index (χ0v) is 12.1. The molecule has 0 spiro atoms. The average Bonchev–Trinajstić information content (AvgIpc) is 2.95. The van der Waals surface area contributed by atoms with E-state index in [4.69, 9.17) is 10.5 Å². The van der Waals surface area contributed by atoms with Crippen molar-refractivity contribution in [1.82, 2.24) is 19.8 Å². The smallest absolute Gasteiger partial charge is 0.297 e. The molecule has 2 N–H and O–H groups in total. The van der Waals surface area contributed by atoms with Gasteiger partial charge in [-0.05, 0) is 17.7 Å². The van der Waals surface area contributed by atoms with Crippen LogP contribution in [-0.4, -0.2) is 26.9 Å². The molecule has 2 aromatic heterocycles. The molecular formula is C13H13N5O2S. The lowest BCUT2D eigenvalue weighted by molar-refractivity contribution is 0.414. The molecule has 0 amide bonds. The third-order valence-electron chi connectivity index (χ3n) is 3.00. The van der Waals surface area contributed by atoms with Crippen LogP contribution in [0.5, 0.6) is 5.75 Å². The molecule has 3 rings (SSSR count). The SMILES string of the molecule is COc1ccc(Cc2nnc3sc(CN)nn3c2=O)cc1. The normalized spacial score (nSPS) is 11.0. The van der Waals surface area contributed by atoms with Gasteiger partial charge in [-0.25, -0.2) is 0 Å². The lowest BCUT2D eigenvalue weighted by Crippen LogP contribution is -2.22. The summed E-state index contributed by atoms with van der Waals surface area (Å²) in [7, 11) is 1.61. The van der Waals surface area contributed by atoms with E-state index in [1.807, 2.05) is 24.3 Å². The van der Waals surface area contributed by atoms with E-state index < -0.39 is 0 Å². The maximum atomic E-state index is 12.3. The molecule has 0 radical (unpaired) electrons. The van der Waals surface area contributed by atoms with Gasteiger partial charge in [0.25, 0.3) is 5.56 Å². The second-order valence-corrected chi connectivity index (χ2v) is 5.41. The summed E-state index contributed by atoms with van der Waals surface area (Å²) in [5.74, 6) is 0.768. The van der Waals surface area contributed by atoms with Crippen molar-refractivity contribution in [2.75, 3.05) is 7.11 Å². The van der Waals surface area contributed by atoms with Crippen molar-refractivity contribution in [3.05, 3.63) is 50.9 Å². The third kappa shape index (κ3) is 2.63. The Morgan fingerprint density at radius 2 is 2.05 bits per heavy atom. The molecule has 1 aromatic carbocycles. The fraction of sp³-hybridized carbons (Fsp3) is 0.231. The topological polar surface area (TPSA) is 95.4 Å². The summed E-state index contributed by atoms with van der Waals surface area (Å²) in [6, 6.07) is 7.46. The summed E-state index contributed by atoms with van der Waals surface area (Å²) in [5, 5.41) is 12.8. The standard InChI is InChI=1S/C13H13N5O2S/c1-20-9-4-2-8(3-5-9)6-10-12(19)18-13(16-15-10)21-11(7-14)17-18/h2-5H,6-7,14H2,1H3. The minimum Gasteiger partial charge on any atom is -0.497 e. The number of aromatic nitrogens is 4. The monoisotopic (exact) mass is 303 g/mol. The molecule has 0 aliphatic carbocycles. The number of hydrogen-bond donors (Lipinski definition) is 1. The van der Waals surface area contributed by atoms with Crippen molar-refractivity contribution in [3.63, 3.8) is 0 Å². The molecule has 7 nitrogen and oxygen atoms in total. The molecule has 0 aliphatic rings. The van der Waals surface area contributed by atoms with E-state index in [0.717, 1.165) is 11.3 Å². The number of nitrogens with zero attached hydrogens (tertiary/aromatic N) is 4. The molecule has 2 heterocycles. The largest absolute Gasteiger partial charge is 0.497 e. The molecule has 108 valence electrons. The highest BCUT2D eigenvalue weighted by Crippen LogP contribution is 2.13. The van der Waals surface area contributed by atoms with Gasteiger partial charge >= 0.3 is 0 Å². The first kappa shape index (κ1) is 13.7. The third-order valence-corrected chi connectivity index (χ3v) is 3.92. The second kappa shape index (κ2) is 5.58. The van der Waals surface area contributed by atoms with Gasteiger partial charge < -0.3 is 10.5 Å². The Bertz CT molecular complexity index is 825. The van der Waals surface area contributed by atoms with E-state index in [2.05, 4.69) is 15.3 Å².